The Labute approximate surface area is 101 Å². The van der Waals surface area contributed by atoms with E-state index in [0.29, 0.717) is 11.4 Å². The molecule has 1 aromatic heterocycles. The molecule has 2 fully saturated rings. The average molecular weight is 233 g/mol. The summed E-state index contributed by atoms with van der Waals surface area (Å²) in [6.07, 6.45) is 5.55. The number of nitrogen functional groups attached to an aromatic ring is 1. The molecule has 0 saturated heterocycles. The predicted molar refractivity (Wildman–Crippen MR) is 68.9 cm³/mol. The standard InChI is InChI=1S/C12H19N5/c1-14-9-6-10(17-11(13)16-9)15-7-12(4-5-12)8-2-3-8/h6,8H,2-5,7H2,1H3,(H4,13,14,15,16,17). The van der Waals surface area contributed by atoms with Crippen molar-refractivity contribution in [2.45, 2.75) is 25.7 Å². The third-order valence-corrected chi connectivity index (χ3v) is 3.96. The van der Waals surface area contributed by atoms with Gasteiger partial charge in [-0.3, -0.25) is 0 Å². The summed E-state index contributed by atoms with van der Waals surface area (Å²) in [5, 5.41) is 6.40. The van der Waals surface area contributed by atoms with Crippen molar-refractivity contribution in [2.24, 2.45) is 11.3 Å². The van der Waals surface area contributed by atoms with Crippen LogP contribution in [0.15, 0.2) is 6.07 Å². The third-order valence-electron chi connectivity index (χ3n) is 3.96. The third kappa shape index (κ3) is 2.14. The van der Waals surface area contributed by atoms with Gasteiger partial charge in [0.05, 0.1) is 0 Å². The number of nitrogens with one attached hydrogen (secondary N) is 2. The van der Waals surface area contributed by atoms with Crippen molar-refractivity contribution in [2.75, 3.05) is 30.0 Å². The maximum atomic E-state index is 5.66. The van der Waals surface area contributed by atoms with Gasteiger partial charge in [-0.25, -0.2) is 0 Å². The van der Waals surface area contributed by atoms with Crippen molar-refractivity contribution in [1.82, 2.24) is 9.97 Å². The van der Waals surface area contributed by atoms with Crippen LogP contribution in [-0.2, 0) is 0 Å². The van der Waals surface area contributed by atoms with Gasteiger partial charge in [0.1, 0.15) is 11.6 Å². The zero-order valence-corrected chi connectivity index (χ0v) is 10.2. The summed E-state index contributed by atoms with van der Waals surface area (Å²) < 4.78 is 0. The molecular formula is C12H19N5. The first-order chi connectivity index (χ1) is 8.22. The largest absolute Gasteiger partial charge is 0.373 e. The molecule has 5 nitrogen and oxygen atoms in total. The SMILES string of the molecule is CNc1cc(NCC2(C3CC3)CC2)nc(N)n1. The lowest BCUT2D eigenvalue weighted by molar-refractivity contribution is 0.466. The highest BCUT2D eigenvalue weighted by Gasteiger charge is 2.53. The van der Waals surface area contributed by atoms with E-state index >= 15 is 0 Å². The van der Waals surface area contributed by atoms with Crippen molar-refractivity contribution in [3.05, 3.63) is 6.07 Å². The van der Waals surface area contributed by atoms with Crippen LogP contribution in [0.25, 0.3) is 0 Å². The molecule has 0 bridgehead atoms. The van der Waals surface area contributed by atoms with E-state index in [2.05, 4.69) is 20.6 Å². The highest BCUT2D eigenvalue weighted by molar-refractivity contribution is 5.50. The van der Waals surface area contributed by atoms with E-state index in [-0.39, 0.29) is 0 Å². The van der Waals surface area contributed by atoms with E-state index in [1.165, 1.54) is 25.7 Å². The number of anilines is 3. The maximum absolute atomic E-state index is 5.66. The summed E-state index contributed by atoms with van der Waals surface area (Å²) in [6, 6.07) is 1.90. The minimum absolute atomic E-state index is 0.315. The van der Waals surface area contributed by atoms with Gasteiger partial charge in [-0.1, -0.05) is 0 Å². The number of nitrogens with zero attached hydrogens (tertiary/aromatic N) is 2. The van der Waals surface area contributed by atoms with E-state index in [0.717, 1.165) is 24.1 Å². The molecule has 92 valence electrons. The maximum Gasteiger partial charge on any atom is 0.223 e. The molecule has 0 aliphatic heterocycles. The highest BCUT2D eigenvalue weighted by Crippen LogP contribution is 2.61. The summed E-state index contributed by atoms with van der Waals surface area (Å²) in [5.74, 6) is 2.86. The highest BCUT2D eigenvalue weighted by atomic mass is 15.1. The van der Waals surface area contributed by atoms with Gasteiger partial charge in [0.25, 0.3) is 0 Å². The Morgan fingerprint density at radius 1 is 1.35 bits per heavy atom. The van der Waals surface area contributed by atoms with Crippen LogP contribution in [0.4, 0.5) is 17.6 Å². The van der Waals surface area contributed by atoms with E-state index in [1.54, 1.807) is 0 Å². The van der Waals surface area contributed by atoms with Crippen molar-refractivity contribution in [1.29, 1.82) is 0 Å². The quantitative estimate of drug-likeness (QED) is 0.721. The topological polar surface area (TPSA) is 75.9 Å². The molecule has 1 heterocycles. The summed E-state index contributed by atoms with van der Waals surface area (Å²) in [5.41, 5.74) is 6.23. The van der Waals surface area contributed by atoms with E-state index < -0.39 is 0 Å². The van der Waals surface area contributed by atoms with Crippen molar-refractivity contribution in [3.63, 3.8) is 0 Å². The molecule has 2 aliphatic rings. The molecule has 0 unspecified atom stereocenters. The summed E-state index contributed by atoms with van der Waals surface area (Å²) in [7, 11) is 1.83. The van der Waals surface area contributed by atoms with Crippen LogP contribution in [0.3, 0.4) is 0 Å². The Bertz CT molecular complexity index is 423. The van der Waals surface area contributed by atoms with Gasteiger partial charge >= 0.3 is 0 Å². The summed E-state index contributed by atoms with van der Waals surface area (Å²) in [4.78, 5) is 8.28. The molecule has 1 aromatic rings. The monoisotopic (exact) mass is 233 g/mol. The number of aromatic nitrogens is 2. The Hall–Kier alpha value is -1.52. The Morgan fingerprint density at radius 2 is 2.06 bits per heavy atom. The lowest BCUT2D eigenvalue weighted by Gasteiger charge is -2.15. The zero-order valence-electron chi connectivity index (χ0n) is 10.2. The fraction of sp³-hybridized carbons (Fsp3) is 0.667. The van der Waals surface area contributed by atoms with Gasteiger partial charge < -0.3 is 16.4 Å². The molecule has 2 saturated carbocycles. The normalized spacial score (nSPS) is 21.0. The van der Waals surface area contributed by atoms with Gasteiger partial charge in [-0.15, -0.1) is 0 Å². The van der Waals surface area contributed by atoms with E-state index in [4.69, 9.17) is 5.73 Å². The molecule has 0 aromatic carbocycles. The van der Waals surface area contributed by atoms with Crippen molar-refractivity contribution < 1.29 is 0 Å². The Kier molecular flexibility index (Phi) is 2.34. The first kappa shape index (κ1) is 10.6. The van der Waals surface area contributed by atoms with Crippen LogP contribution in [0.5, 0.6) is 0 Å². The molecule has 4 N–H and O–H groups in total. The lowest BCUT2D eigenvalue weighted by Crippen LogP contribution is -2.18. The average Bonchev–Trinajstić information content (AvgIpc) is 3.15. The fourth-order valence-corrected chi connectivity index (χ4v) is 2.54. The molecule has 0 amide bonds. The number of rotatable bonds is 5. The van der Waals surface area contributed by atoms with Crippen LogP contribution >= 0.6 is 0 Å². The van der Waals surface area contributed by atoms with Crippen LogP contribution in [0.1, 0.15) is 25.7 Å². The minimum atomic E-state index is 0.315. The predicted octanol–water partition coefficient (Wildman–Crippen LogP) is 1.70. The molecule has 2 aliphatic carbocycles. The van der Waals surface area contributed by atoms with Crippen LogP contribution < -0.4 is 16.4 Å². The second kappa shape index (κ2) is 3.75. The van der Waals surface area contributed by atoms with Gasteiger partial charge in [0.15, 0.2) is 0 Å². The van der Waals surface area contributed by atoms with Crippen molar-refractivity contribution >= 4 is 17.6 Å². The first-order valence-electron chi connectivity index (χ1n) is 6.28. The molecule has 0 spiro atoms. The molecule has 0 radical (unpaired) electrons. The van der Waals surface area contributed by atoms with Gasteiger partial charge in [0, 0.05) is 19.7 Å². The van der Waals surface area contributed by atoms with Crippen LogP contribution in [0, 0.1) is 11.3 Å². The molecule has 17 heavy (non-hydrogen) atoms. The lowest BCUT2D eigenvalue weighted by atomic mass is 10.0. The van der Waals surface area contributed by atoms with Crippen LogP contribution in [0.2, 0.25) is 0 Å². The van der Waals surface area contributed by atoms with E-state index in [1.807, 2.05) is 13.1 Å². The second-order valence-electron chi connectivity index (χ2n) is 5.24. The smallest absolute Gasteiger partial charge is 0.223 e. The summed E-state index contributed by atoms with van der Waals surface area (Å²) in [6.45, 7) is 1.03. The zero-order chi connectivity index (χ0) is 11.9. The molecular weight excluding hydrogens is 214 g/mol. The van der Waals surface area contributed by atoms with Crippen molar-refractivity contribution in [3.8, 4) is 0 Å². The Balaban J connectivity index is 1.66. The number of nitrogens with two attached hydrogens (primary N) is 1. The van der Waals surface area contributed by atoms with E-state index in [9.17, 15) is 0 Å². The fourth-order valence-electron chi connectivity index (χ4n) is 2.54. The van der Waals surface area contributed by atoms with Gasteiger partial charge in [-0.2, -0.15) is 9.97 Å². The number of hydrogen-bond acceptors (Lipinski definition) is 5. The van der Waals surface area contributed by atoms with Crippen LogP contribution in [-0.4, -0.2) is 23.6 Å². The minimum Gasteiger partial charge on any atom is -0.373 e. The first-order valence-corrected chi connectivity index (χ1v) is 6.28. The summed E-state index contributed by atoms with van der Waals surface area (Å²) >= 11 is 0. The van der Waals surface area contributed by atoms with Gasteiger partial charge in [-0.05, 0) is 37.0 Å². The molecule has 3 rings (SSSR count). The van der Waals surface area contributed by atoms with Gasteiger partial charge in [0.2, 0.25) is 5.95 Å². The second-order valence-corrected chi connectivity index (χ2v) is 5.24. The molecule has 5 heteroatoms. The molecule has 0 atom stereocenters. The Morgan fingerprint density at radius 3 is 2.65 bits per heavy atom. The number of hydrogen-bond donors (Lipinski definition) is 3.